The third-order valence-corrected chi connectivity index (χ3v) is 5.39. The number of carbonyl (C=O) groups is 1. The van der Waals surface area contributed by atoms with Crippen LogP contribution in [0.5, 0.6) is 11.5 Å². The van der Waals surface area contributed by atoms with Gasteiger partial charge in [0, 0.05) is 38.3 Å². The lowest BCUT2D eigenvalue weighted by Gasteiger charge is -2.38. The topological polar surface area (TPSA) is 78.8 Å². The molecule has 7 nitrogen and oxygen atoms in total. The standard InChI is InChI=1S/C21H26N2O5/c1-23-13-19(27-3)18(24)12-17(23)20(25)22-14-21(8-10-28-11-9-21)15-4-6-16(26-2)7-5-15/h4-7,12-13H,8-11,14H2,1-3H3,(H,22,25). The van der Waals surface area contributed by atoms with Gasteiger partial charge in [0.05, 0.1) is 20.4 Å². The van der Waals surface area contributed by atoms with Crippen LogP contribution in [0.4, 0.5) is 0 Å². The third kappa shape index (κ3) is 4.04. The van der Waals surface area contributed by atoms with Gasteiger partial charge in [0.2, 0.25) is 5.43 Å². The number of hydrogen-bond donors (Lipinski definition) is 1. The molecule has 1 amide bonds. The number of hydrogen-bond acceptors (Lipinski definition) is 5. The molecule has 0 radical (unpaired) electrons. The summed E-state index contributed by atoms with van der Waals surface area (Å²) in [6.07, 6.45) is 3.13. The van der Waals surface area contributed by atoms with Gasteiger partial charge in [0.25, 0.3) is 5.91 Å². The summed E-state index contributed by atoms with van der Waals surface area (Å²) < 4.78 is 17.4. The van der Waals surface area contributed by atoms with Gasteiger partial charge in [-0.15, -0.1) is 0 Å². The Morgan fingerprint density at radius 2 is 1.86 bits per heavy atom. The zero-order chi connectivity index (χ0) is 20.1. The van der Waals surface area contributed by atoms with E-state index in [9.17, 15) is 9.59 Å². The quantitative estimate of drug-likeness (QED) is 0.820. The van der Waals surface area contributed by atoms with Gasteiger partial charge < -0.3 is 24.1 Å². The number of aryl methyl sites for hydroxylation is 1. The fourth-order valence-corrected chi connectivity index (χ4v) is 3.60. The van der Waals surface area contributed by atoms with Crippen molar-refractivity contribution in [2.45, 2.75) is 18.3 Å². The molecule has 3 rings (SSSR count). The zero-order valence-corrected chi connectivity index (χ0v) is 16.5. The maximum absolute atomic E-state index is 12.8. The Hall–Kier alpha value is -2.80. The molecule has 0 aliphatic carbocycles. The Morgan fingerprint density at radius 1 is 1.18 bits per heavy atom. The van der Waals surface area contributed by atoms with Crippen molar-refractivity contribution in [2.24, 2.45) is 7.05 Å². The minimum Gasteiger partial charge on any atom is -0.497 e. The summed E-state index contributed by atoms with van der Waals surface area (Å²) in [7, 11) is 4.78. The number of ether oxygens (including phenoxy) is 3. The van der Waals surface area contributed by atoms with Crippen LogP contribution in [0, 0.1) is 0 Å². The molecular weight excluding hydrogens is 360 g/mol. The van der Waals surface area contributed by atoms with E-state index in [0.29, 0.717) is 25.5 Å². The molecule has 0 spiro atoms. The molecule has 150 valence electrons. The van der Waals surface area contributed by atoms with Gasteiger partial charge in [-0.2, -0.15) is 0 Å². The van der Waals surface area contributed by atoms with Crippen LogP contribution in [0.1, 0.15) is 28.9 Å². The second kappa shape index (κ2) is 8.48. The van der Waals surface area contributed by atoms with E-state index < -0.39 is 0 Å². The average molecular weight is 386 g/mol. The fourth-order valence-electron chi connectivity index (χ4n) is 3.60. The molecule has 1 aliphatic rings. The lowest BCUT2D eigenvalue weighted by Crippen LogP contribution is -2.45. The van der Waals surface area contributed by atoms with Crippen molar-refractivity contribution >= 4 is 5.91 Å². The van der Waals surface area contributed by atoms with Crippen LogP contribution in [0.15, 0.2) is 41.3 Å². The van der Waals surface area contributed by atoms with E-state index in [0.717, 1.165) is 24.2 Å². The second-order valence-corrected chi connectivity index (χ2v) is 7.01. The number of benzene rings is 1. The summed E-state index contributed by atoms with van der Waals surface area (Å²) in [4.78, 5) is 24.8. The number of rotatable bonds is 6. The van der Waals surface area contributed by atoms with Gasteiger partial charge in [-0.1, -0.05) is 12.1 Å². The first kappa shape index (κ1) is 19.9. The Labute approximate surface area is 164 Å². The summed E-state index contributed by atoms with van der Waals surface area (Å²) >= 11 is 0. The smallest absolute Gasteiger partial charge is 0.268 e. The van der Waals surface area contributed by atoms with E-state index in [-0.39, 0.29) is 22.5 Å². The molecule has 2 heterocycles. The fraction of sp³-hybridized carbons (Fsp3) is 0.429. The molecule has 0 atom stereocenters. The molecule has 1 aromatic heterocycles. The molecule has 2 aromatic rings. The molecule has 7 heteroatoms. The van der Waals surface area contributed by atoms with Gasteiger partial charge in [0.1, 0.15) is 11.4 Å². The molecule has 1 fully saturated rings. The van der Waals surface area contributed by atoms with Gasteiger partial charge in [-0.3, -0.25) is 9.59 Å². The van der Waals surface area contributed by atoms with E-state index in [2.05, 4.69) is 5.32 Å². The Balaban J connectivity index is 1.81. The first-order chi connectivity index (χ1) is 13.5. The largest absolute Gasteiger partial charge is 0.497 e. The number of pyridine rings is 1. The minimum absolute atomic E-state index is 0.207. The maximum Gasteiger partial charge on any atom is 0.268 e. The van der Waals surface area contributed by atoms with Gasteiger partial charge in [-0.25, -0.2) is 0 Å². The number of nitrogens with zero attached hydrogens (tertiary/aromatic N) is 1. The molecular formula is C21H26N2O5. The van der Waals surface area contributed by atoms with E-state index in [1.165, 1.54) is 19.4 Å². The highest BCUT2D eigenvalue weighted by Gasteiger charge is 2.35. The lowest BCUT2D eigenvalue weighted by molar-refractivity contribution is 0.0486. The number of nitrogens with one attached hydrogen (secondary N) is 1. The molecule has 1 saturated heterocycles. The van der Waals surface area contributed by atoms with Crippen LogP contribution in [0.3, 0.4) is 0 Å². The summed E-state index contributed by atoms with van der Waals surface area (Å²) in [5.41, 5.74) is 0.899. The van der Waals surface area contributed by atoms with Crippen LogP contribution < -0.4 is 20.2 Å². The van der Waals surface area contributed by atoms with Crippen molar-refractivity contribution in [1.82, 2.24) is 9.88 Å². The molecule has 0 saturated carbocycles. The van der Waals surface area contributed by atoms with Crippen LogP contribution in [0.2, 0.25) is 0 Å². The minimum atomic E-state index is -0.318. The van der Waals surface area contributed by atoms with Gasteiger partial charge in [-0.05, 0) is 30.5 Å². The summed E-state index contributed by atoms with van der Waals surface area (Å²) in [5.74, 6) is 0.711. The SMILES string of the molecule is COc1ccc(C2(CNC(=O)c3cc(=O)c(OC)cn3C)CCOCC2)cc1. The molecule has 1 aliphatic heterocycles. The number of methoxy groups -OCH3 is 2. The highest BCUT2D eigenvalue weighted by atomic mass is 16.5. The number of amides is 1. The van der Waals surface area contributed by atoms with Crippen molar-refractivity contribution in [1.29, 1.82) is 0 Å². The third-order valence-electron chi connectivity index (χ3n) is 5.39. The Morgan fingerprint density at radius 3 is 2.46 bits per heavy atom. The summed E-state index contributed by atoms with van der Waals surface area (Å²) in [5, 5.41) is 3.02. The van der Waals surface area contributed by atoms with Crippen molar-refractivity contribution < 1.29 is 19.0 Å². The van der Waals surface area contributed by atoms with Gasteiger partial charge >= 0.3 is 0 Å². The van der Waals surface area contributed by atoms with Crippen molar-refractivity contribution in [3.63, 3.8) is 0 Å². The van der Waals surface area contributed by atoms with E-state index >= 15 is 0 Å². The first-order valence-corrected chi connectivity index (χ1v) is 9.24. The normalized spacial score (nSPS) is 15.7. The second-order valence-electron chi connectivity index (χ2n) is 7.01. The van der Waals surface area contributed by atoms with E-state index in [1.54, 1.807) is 18.7 Å². The van der Waals surface area contributed by atoms with Crippen LogP contribution in [-0.4, -0.2) is 44.5 Å². The monoisotopic (exact) mass is 386 g/mol. The maximum atomic E-state index is 12.8. The predicted molar refractivity (Wildman–Crippen MR) is 105 cm³/mol. The molecule has 0 bridgehead atoms. The lowest BCUT2D eigenvalue weighted by atomic mass is 9.74. The van der Waals surface area contributed by atoms with E-state index in [4.69, 9.17) is 14.2 Å². The summed E-state index contributed by atoms with van der Waals surface area (Å²) in [6.45, 7) is 1.74. The van der Waals surface area contributed by atoms with Crippen molar-refractivity contribution in [3.05, 3.63) is 58.0 Å². The molecule has 28 heavy (non-hydrogen) atoms. The molecule has 0 unspecified atom stereocenters. The van der Waals surface area contributed by atoms with Crippen molar-refractivity contribution in [3.8, 4) is 11.5 Å². The highest BCUT2D eigenvalue weighted by Crippen LogP contribution is 2.35. The van der Waals surface area contributed by atoms with Crippen LogP contribution in [-0.2, 0) is 17.2 Å². The predicted octanol–water partition coefficient (Wildman–Crippen LogP) is 1.88. The zero-order valence-electron chi connectivity index (χ0n) is 16.5. The van der Waals surface area contributed by atoms with Gasteiger partial charge in [0.15, 0.2) is 5.75 Å². The Kier molecular flexibility index (Phi) is 6.04. The molecule has 1 N–H and O–H groups in total. The molecule has 1 aromatic carbocycles. The highest BCUT2D eigenvalue weighted by molar-refractivity contribution is 5.92. The van der Waals surface area contributed by atoms with E-state index in [1.807, 2.05) is 24.3 Å². The number of aromatic nitrogens is 1. The van der Waals surface area contributed by atoms with Crippen molar-refractivity contribution in [2.75, 3.05) is 34.0 Å². The first-order valence-electron chi connectivity index (χ1n) is 9.24. The average Bonchev–Trinajstić information content (AvgIpc) is 2.74. The summed E-state index contributed by atoms with van der Waals surface area (Å²) in [6, 6.07) is 9.25. The van der Waals surface area contributed by atoms with Crippen LogP contribution in [0.25, 0.3) is 0 Å². The van der Waals surface area contributed by atoms with Crippen LogP contribution >= 0.6 is 0 Å². The Bertz CT molecular complexity index is 883. The number of carbonyl (C=O) groups excluding carboxylic acids is 1.